The van der Waals surface area contributed by atoms with Gasteiger partial charge in [0.15, 0.2) is 11.6 Å². The molecule has 0 bridgehead atoms. The molecule has 0 saturated heterocycles. The minimum absolute atomic E-state index is 0.123. The van der Waals surface area contributed by atoms with Crippen molar-refractivity contribution in [3.05, 3.63) is 29.6 Å². The molecule has 5 heteroatoms. The Bertz CT molecular complexity index is 383. The zero-order valence-electron chi connectivity index (χ0n) is 10.0. The standard InChI is InChI=1S/C12H17FN2O2/c1-3-17-11-5-4-9(6-10(11)13)7-15-12(16)8-14-2/h4-6,14H,3,7-8H2,1-2H3,(H,15,16). The summed E-state index contributed by atoms with van der Waals surface area (Å²) in [5.74, 6) is -0.299. The molecular formula is C12H17FN2O2. The average Bonchev–Trinajstić information content (AvgIpc) is 2.30. The van der Waals surface area contributed by atoms with Crippen LogP contribution in [-0.2, 0) is 11.3 Å². The molecular weight excluding hydrogens is 223 g/mol. The largest absolute Gasteiger partial charge is 0.491 e. The van der Waals surface area contributed by atoms with Crippen molar-refractivity contribution in [1.82, 2.24) is 10.6 Å². The minimum atomic E-state index is -0.410. The summed E-state index contributed by atoms with van der Waals surface area (Å²) in [5, 5.41) is 5.40. The van der Waals surface area contributed by atoms with Crippen LogP contribution in [0, 0.1) is 5.82 Å². The van der Waals surface area contributed by atoms with Crippen LogP contribution in [0.4, 0.5) is 4.39 Å². The Morgan fingerprint density at radius 2 is 2.24 bits per heavy atom. The monoisotopic (exact) mass is 240 g/mol. The Morgan fingerprint density at radius 1 is 1.47 bits per heavy atom. The summed E-state index contributed by atoms with van der Waals surface area (Å²) < 4.78 is 18.5. The van der Waals surface area contributed by atoms with E-state index in [1.165, 1.54) is 6.07 Å². The van der Waals surface area contributed by atoms with Crippen LogP contribution in [0.1, 0.15) is 12.5 Å². The molecule has 0 fully saturated rings. The van der Waals surface area contributed by atoms with Gasteiger partial charge in [0.05, 0.1) is 13.2 Å². The second-order valence-corrected chi connectivity index (χ2v) is 3.50. The maximum absolute atomic E-state index is 13.5. The van der Waals surface area contributed by atoms with Gasteiger partial charge >= 0.3 is 0 Å². The van der Waals surface area contributed by atoms with Crippen molar-refractivity contribution in [2.75, 3.05) is 20.2 Å². The number of rotatable bonds is 6. The van der Waals surface area contributed by atoms with Crippen LogP contribution in [-0.4, -0.2) is 26.1 Å². The van der Waals surface area contributed by atoms with Gasteiger partial charge in [-0.15, -0.1) is 0 Å². The van der Waals surface area contributed by atoms with Crippen LogP contribution < -0.4 is 15.4 Å². The van der Waals surface area contributed by atoms with Crippen LogP contribution in [0.3, 0.4) is 0 Å². The van der Waals surface area contributed by atoms with Gasteiger partial charge in [-0.3, -0.25) is 4.79 Å². The molecule has 1 amide bonds. The van der Waals surface area contributed by atoms with E-state index in [9.17, 15) is 9.18 Å². The van der Waals surface area contributed by atoms with Crippen molar-refractivity contribution in [2.45, 2.75) is 13.5 Å². The molecule has 94 valence electrons. The van der Waals surface area contributed by atoms with E-state index < -0.39 is 5.82 Å². The first kappa shape index (κ1) is 13.4. The smallest absolute Gasteiger partial charge is 0.234 e. The Kier molecular flexibility index (Phi) is 5.42. The Hall–Kier alpha value is -1.62. The number of carbonyl (C=O) groups is 1. The maximum Gasteiger partial charge on any atom is 0.234 e. The van der Waals surface area contributed by atoms with Crippen molar-refractivity contribution in [3.8, 4) is 5.75 Å². The Balaban J connectivity index is 2.55. The number of hydrogen-bond donors (Lipinski definition) is 2. The zero-order chi connectivity index (χ0) is 12.7. The van der Waals surface area contributed by atoms with Gasteiger partial charge in [0.25, 0.3) is 0 Å². The van der Waals surface area contributed by atoms with Gasteiger partial charge in [0.2, 0.25) is 5.91 Å². The summed E-state index contributed by atoms with van der Waals surface area (Å²) in [6.45, 7) is 2.78. The van der Waals surface area contributed by atoms with Gasteiger partial charge in [-0.25, -0.2) is 4.39 Å². The first-order valence-electron chi connectivity index (χ1n) is 5.50. The van der Waals surface area contributed by atoms with E-state index in [0.29, 0.717) is 18.7 Å². The Labute approximate surface area is 100 Å². The topological polar surface area (TPSA) is 50.4 Å². The molecule has 0 spiro atoms. The van der Waals surface area contributed by atoms with Crippen molar-refractivity contribution in [2.24, 2.45) is 0 Å². The molecule has 0 aliphatic carbocycles. The number of benzene rings is 1. The van der Waals surface area contributed by atoms with E-state index in [-0.39, 0.29) is 18.2 Å². The molecule has 17 heavy (non-hydrogen) atoms. The highest BCUT2D eigenvalue weighted by Crippen LogP contribution is 2.18. The van der Waals surface area contributed by atoms with E-state index in [1.807, 2.05) is 0 Å². The third kappa shape index (κ3) is 4.40. The van der Waals surface area contributed by atoms with Gasteiger partial charge < -0.3 is 15.4 Å². The molecule has 0 atom stereocenters. The molecule has 0 aliphatic heterocycles. The highest BCUT2D eigenvalue weighted by Gasteiger charge is 2.05. The molecule has 0 aliphatic rings. The molecule has 1 aromatic carbocycles. The van der Waals surface area contributed by atoms with Crippen LogP contribution in [0.15, 0.2) is 18.2 Å². The number of hydrogen-bond acceptors (Lipinski definition) is 3. The third-order valence-electron chi connectivity index (χ3n) is 2.12. The number of ether oxygens (including phenoxy) is 1. The molecule has 0 saturated carbocycles. The fourth-order valence-electron chi connectivity index (χ4n) is 1.35. The maximum atomic E-state index is 13.5. The highest BCUT2D eigenvalue weighted by atomic mass is 19.1. The second kappa shape index (κ2) is 6.85. The zero-order valence-corrected chi connectivity index (χ0v) is 10.0. The molecule has 0 heterocycles. The lowest BCUT2D eigenvalue weighted by molar-refractivity contribution is -0.120. The van der Waals surface area contributed by atoms with Gasteiger partial charge in [-0.2, -0.15) is 0 Å². The molecule has 4 nitrogen and oxygen atoms in total. The first-order chi connectivity index (χ1) is 8.17. The van der Waals surface area contributed by atoms with E-state index in [0.717, 1.165) is 0 Å². The summed E-state index contributed by atoms with van der Waals surface area (Å²) in [6.07, 6.45) is 0. The number of amides is 1. The van der Waals surface area contributed by atoms with Crippen molar-refractivity contribution >= 4 is 5.91 Å². The molecule has 0 unspecified atom stereocenters. The highest BCUT2D eigenvalue weighted by molar-refractivity contribution is 5.77. The summed E-state index contributed by atoms with van der Waals surface area (Å²) in [4.78, 5) is 11.2. The van der Waals surface area contributed by atoms with Crippen molar-refractivity contribution in [3.63, 3.8) is 0 Å². The van der Waals surface area contributed by atoms with E-state index in [4.69, 9.17) is 4.74 Å². The fourth-order valence-corrected chi connectivity index (χ4v) is 1.35. The van der Waals surface area contributed by atoms with E-state index in [1.54, 1.807) is 26.1 Å². The lowest BCUT2D eigenvalue weighted by atomic mass is 10.2. The van der Waals surface area contributed by atoms with Crippen molar-refractivity contribution < 1.29 is 13.9 Å². The summed E-state index contributed by atoms with van der Waals surface area (Å²) >= 11 is 0. The van der Waals surface area contributed by atoms with E-state index >= 15 is 0 Å². The quantitative estimate of drug-likeness (QED) is 0.781. The fraction of sp³-hybridized carbons (Fsp3) is 0.417. The van der Waals surface area contributed by atoms with Crippen molar-refractivity contribution in [1.29, 1.82) is 0 Å². The molecule has 0 radical (unpaired) electrons. The SMILES string of the molecule is CCOc1ccc(CNC(=O)CNC)cc1F. The van der Waals surface area contributed by atoms with Crippen LogP contribution in [0.5, 0.6) is 5.75 Å². The predicted octanol–water partition coefficient (Wildman–Crippen LogP) is 1.06. The van der Waals surface area contributed by atoms with Gasteiger partial charge in [0.1, 0.15) is 0 Å². The normalized spacial score (nSPS) is 10.1. The Morgan fingerprint density at radius 3 is 2.82 bits per heavy atom. The first-order valence-corrected chi connectivity index (χ1v) is 5.50. The summed E-state index contributed by atoms with van der Waals surface area (Å²) in [6, 6.07) is 4.66. The average molecular weight is 240 g/mol. The third-order valence-corrected chi connectivity index (χ3v) is 2.12. The van der Waals surface area contributed by atoms with Gasteiger partial charge in [0, 0.05) is 6.54 Å². The van der Waals surface area contributed by atoms with E-state index in [2.05, 4.69) is 10.6 Å². The molecule has 0 aromatic heterocycles. The van der Waals surface area contributed by atoms with Gasteiger partial charge in [-0.05, 0) is 31.7 Å². The van der Waals surface area contributed by atoms with Gasteiger partial charge in [-0.1, -0.05) is 6.07 Å². The number of halogens is 1. The van der Waals surface area contributed by atoms with Crippen LogP contribution in [0.25, 0.3) is 0 Å². The number of carbonyl (C=O) groups excluding carboxylic acids is 1. The lowest BCUT2D eigenvalue weighted by Crippen LogP contribution is -2.31. The second-order valence-electron chi connectivity index (χ2n) is 3.50. The number of nitrogens with one attached hydrogen (secondary N) is 2. The predicted molar refractivity (Wildman–Crippen MR) is 63.3 cm³/mol. The number of likely N-dealkylation sites (N-methyl/N-ethyl adjacent to an activating group) is 1. The van der Waals surface area contributed by atoms with Crippen LogP contribution >= 0.6 is 0 Å². The van der Waals surface area contributed by atoms with Crippen LogP contribution in [0.2, 0.25) is 0 Å². The summed E-state index contributed by atoms with van der Waals surface area (Å²) in [7, 11) is 1.69. The lowest BCUT2D eigenvalue weighted by Gasteiger charge is -2.08. The summed E-state index contributed by atoms with van der Waals surface area (Å²) in [5.41, 5.74) is 0.704. The molecule has 1 rings (SSSR count). The molecule has 2 N–H and O–H groups in total. The molecule has 1 aromatic rings. The minimum Gasteiger partial charge on any atom is -0.491 e.